The van der Waals surface area contributed by atoms with Crippen molar-refractivity contribution < 1.29 is 17.9 Å². The standard InChI is InChI=1S/C15H18N2O4S/c1-3-8-21-13-6-4-12(5-7-13)16-14(18)15-9-11(15)10-17(2)22(15,19)20/h3-7,11H,1,8-10H2,2H3,(H,16,18)/t11-,15+/m1/s1. The van der Waals surface area contributed by atoms with Crippen LogP contribution in [0, 0.1) is 5.92 Å². The lowest BCUT2D eigenvalue weighted by Gasteiger charge is -2.17. The van der Waals surface area contributed by atoms with Crippen LogP contribution in [0.2, 0.25) is 0 Å². The number of rotatable bonds is 5. The van der Waals surface area contributed by atoms with E-state index in [2.05, 4.69) is 11.9 Å². The summed E-state index contributed by atoms with van der Waals surface area (Å²) >= 11 is 0. The number of hydrogen-bond acceptors (Lipinski definition) is 4. The number of hydrogen-bond donors (Lipinski definition) is 1. The van der Waals surface area contributed by atoms with Crippen molar-refractivity contribution >= 4 is 21.6 Å². The summed E-state index contributed by atoms with van der Waals surface area (Å²) < 4.78 is 30.0. The van der Waals surface area contributed by atoms with Crippen LogP contribution < -0.4 is 10.1 Å². The highest BCUT2D eigenvalue weighted by molar-refractivity contribution is 7.92. The molecule has 1 N–H and O–H groups in total. The molecule has 1 amide bonds. The lowest BCUT2D eigenvalue weighted by Crippen LogP contribution is -2.40. The Morgan fingerprint density at radius 1 is 1.50 bits per heavy atom. The molecule has 1 saturated carbocycles. The fourth-order valence-electron chi connectivity index (χ4n) is 2.94. The van der Waals surface area contributed by atoms with Gasteiger partial charge in [-0.05, 0) is 30.7 Å². The van der Waals surface area contributed by atoms with Gasteiger partial charge in [0.2, 0.25) is 15.9 Å². The monoisotopic (exact) mass is 322 g/mol. The zero-order valence-electron chi connectivity index (χ0n) is 12.3. The molecule has 2 aliphatic rings. The second-order valence-electron chi connectivity index (χ2n) is 5.65. The Labute approximate surface area is 129 Å². The number of nitrogens with one attached hydrogen (secondary N) is 1. The number of nitrogens with zero attached hydrogens (tertiary/aromatic N) is 1. The highest BCUT2D eigenvalue weighted by Gasteiger charge is 2.74. The number of anilines is 1. The lowest BCUT2D eigenvalue weighted by atomic mass is 10.2. The quantitative estimate of drug-likeness (QED) is 0.827. The van der Waals surface area contributed by atoms with E-state index in [1.165, 1.54) is 11.4 Å². The van der Waals surface area contributed by atoms with Crippen molar-refractivity contribution in [2.45, 2.75) is 11.2 Å². The Bertz CT molecular complexity index is 714. The Kier molecular flexibility index (Phi) is 3.49. The summed E-state index contributed by atoms with van der Waals surface area (Å²) in [5, 5.41) is 2.71. The first kappa shape index (κ1) is 15.1. The molecule has 0 bridgehead atoms. The Balaban J connectivity index is 1.72. The number of carbonyl (C=O) groups excluding carboxylic acids is 1. The third-order valence-electron chi connectivity index (χ3n) is 4.26. The number of amides is 1. The molecule has 1 aromatic carbocycles. The van der Waals surface area contributed by atoms with Crippen molar-refractivity contribution in [3.63, 3.8) is 0 Å². The molecule has 0 radical (unpaired) electrons. The third kappa shape index (κ3) is 2.12. The largest absolute Gasteiger partial charge is 0.490 e. The first-order valence-corrected chi connectivity index (χ1v) is 8.47. The molecule has 1 aliphatic heterocycles. The maximum atomic E-state index is 12.4. The summed E-state index contributed by atoms with van der Waals surface area (Å²) in [7, 11) is -2.03. The van der Waals surface area contributed by atoms with Gasteiger partial charge in [-0.25, -0.2) is 12.7 Å². The summed E-state index contributed by atoms with van der Waals surface area (Å²) in [6.45, 7) is 4.39. The van der Waals surface area contributed by atoms with Crippen molar-refractivity contribution in [1.82, 2.24) is 4.31 Å². The van der Waals surface area contributed by atoms with Crippen LogP contribution in [0.15, 0.2) is 36.9 Å². The highest BCUT2D eigenvalue weighted by Crippen LogP contribution is 2.57. The number of carbonyl (C=O) groups is 1. The molecule has 3 rings (SSSR count). The van der Waals surface area contributed by atoms with E-state index in [4.69, 9.17) is 4.74 Å². The minimum Gasteiger partial charge on any atom is -0.490 e. The molecule has 2 fully saturated rings. The van der Waals surface area contributed by atoms with E-state index >= 15 is 0 Å². The maximum absolute atomic E-state index is 12.4. The first-order valence-electron chi connectivity index (χ1n) is 7.03. The lowest BCUT2D eigenvalue weighted by molar-refractivity contribution is -0.116. The predicted molar refractivity (Wildman–Crippen MR) is 83.2 cm³/mol. The summed E-state index contributed by atoms with van der Waals surface area (Å²) in [5.74, 6) is 0.118. The Morgan fingerprint density at radius 2 is 2.18 bits per heavy atom. The molecule has 1 saturated heterocycles. The molecular weight excluding hydrogens is 304 g/mol. The Hall–Kier alpha value is -1.86. The van der Waals surface area contributed by atoms with Crippen molar-refractivity contribution in [2.75, 3.05) is 25.5 Å². The van der Waals surface area contributed by atoms with Crippen LogP contribution in [-0.2, 0) is 14.8 Å². The van der Waals surface area contributed by atoms with Crippen LogP contribution in [0.3, 0.4) is 0 Å². The molecular formula is C15H18N2O4S. The fourth-order valence-corrected chi connectivity index (χ4v) is 5.07. The van der Waals surface area contributed by atoms with Crippen molar-refractivity contribution in [1.29, 1.82) is 0 Å². The van der Waals surface area contributed by atoms with Gasteiger partial charge < -0.3 is 10.1 Å². The van der Waals surface area contributed by atoms with Crippen LogP contribution in [0.5, 0.6) is 5.75 Å². The summed E-state index contributed by atoms with van der Waals surface area (Å²) in [5.41, 5.74) is 0.556. The molecule has 22 heavy (non-hydrogen) atoms. The minimum atomic E-state index is -3.55. The molecule has 6 nitrogen and oxygen atoms in total. The maximum Gasteiger partial charge on any atom is 0.247 e. The zero-order chi connectivity index (χ0) is 16.0. The van der Waals surface area contributed by atoms with E-state index < -0.39 is 20.7 Å². The molecule has 0 unspecified atom stereocenters. The normalized spacial score (nSPS) is 28.7. The smallest absolute Gasteiger partial charge is 0.247 e. The summed E-state index contributed by atoms with van der Waals surface area (Å²) in [6.07, 6.45) is 2.05. The number of benzene rings is 1. The van der Waals surface area contributed by atoms with Crippen molar-refractivity contribution in [3.8, 4) is 5.75 Å². The summed E-state index contributed by atoms with van der Waals surface area (Å²) in [4.78, 5) is 12.4. The molecule has 7 heteroatoms. The average molecular weight is 322 g/mol. The van der Waals surface area contributed by atoms with E-state index in [0.29, 0.717) is 31.0 Å². The van der Waals surface area contributed by atoms with Crippen LogP contribution >= 0.6 is 0 Å². The number of fused-ring (bicyclic) bond motifs is 1. The van der Waals surface area contributed by atoms with E-state index in [1.807, 2.05) is 0 Å². The van der Waals surface area contributed by atoms with Gasteiger partial charge in [-0.15, -0.1) is 0 Å². The molecule has 0 aromatic heterocycles. The van der Waals surface area contributed by atoms with Crippen molar-refractivity contribution in [3.05, 3.63) is 36.9 Å². The van der Waals surface area contributed by atoms with Gasteiger partial charge in [-0.2, -0.15) is 0 Å². The zero-order valence-corrected chi connectivity index (χ0v) is 13.1. The van der Waals surface area contributed by atoms with Gasteiger partial charge in [0.15, 0.2) is 4.75 Å². The molecule has 2 atom stereocenters. The molecule has 1 aromatic rings. The predicted octanol–water partition coefficient (Wildman–Crippen LogP) is 1.22. The van der Waals surface area contributed by atoms with Gasteiger partial charge in [0.05, 0.1) is 0 Å². The van der Waals surface area contributed by atoms with Crippen LogP contribution in [0.25, 0.3) is 0 Å². The first-order chi connectivity index (χ1) is 10.4. The summed E-state index contributed by atoms with van der Waals surface area (Å²) in [6, 6.07) is 6.82. The number of ether oxygens (including phenoxy) is 1. The van der Waals surface area contributed by atoms with Crippen LogP contribution in [0.4, 0.5) is 5.69 Å². The van der Waals surface area contributed by atoms with Crippen molar-refractivity contribution in [2.24, 2.45) is 5.92 Å². The van der Waals surface area contributed by atoms with Gasteiger partial charge in [-0.1, -0.05) is 12.7 Å². The highest BCUT2D eigenvalue weighted by atomic mass is 32.2. The van der Waals surface area contributed by atoms with E-state index in [1.54, 1.807) is 30.3 Å². The second kappa shape index (κ2) is 5.10. The third-order valence-corrected chi connectivity index (χ3v) is 6.84. The Morgan fingerprint density at radius 3 is 2.73 bits per heavy atom. The van der Waals surface area contributed by atoms with Gasteiger partial charge in [0, 0.05) is 25.2 Å². The molecule has 118 valence electrons. The molecule has 0 spiro atoms. The van der Waals surface area contributed by atoms with Crippen LogP contribution in [-0.4, -0.2) is 43.6 Å². The van der Waals surface area contributed by atoms with E-state index in [-0.39, 0.29) is 5.92 Å². The molecule has 1 aliphatic carbocycles. The fraction of sp³-hybridized carbons (Fsp3) is 0.400. The van der Waals surface area contributed by atoms with Gasteiger partial charge in [0.1, 0.15) is 12.4 Å². The van der Waals surface area contributed by atoms with E-state index in [9.17, 15) is 13.2 Å². The second-order valence-corrected chi connectivity index (χ2v) is 7.96. The van der Waals surface area contributed by atoms with Gasteiger partial charge in [-0.3, -0.25) is 4.79 Å². The molecule has 1 heterocycles. The number of sulfonamides is 1. The van der Waals surface area contributed by atoms with E-state index in [0.717, 1.165) is 0 Å². The SMILES string of the molecule is C=CCOc1ccc(NC(=O)[C@]23C[C@@H]2CN(C)S3(=O)=O)cc1. The minimum absolute atomic E-state index is 0.0994. The van der Waals surface area contributed by atoms with Gasteiger partial charge in [0.25, 0.3) is 0 Å². The van der Waals surface area contributed by atoms with Crippen LogP contribution in [0.1, 0.15) is 6.42 Å². The topological polar surface area (TPSA) is 75.7 Å². The average Bonchev–Trinajstić information content (AvgIpc) is 3.17. The van der Waals surface area contributed by atoms with Gasteiger partial charge >= 0.3 is 0 Å².